The number of amides is 2. The zero-order chi connectivity index (χ0) is 21.4. The number of fused-ring (bicyclic) bond motifs is 1. The van der Waals surface area contributed by atoms with Gasteiger partial charge in [-0.25, -0.2) is 24.3 Å². The number of urea groups is 1. The Hall–Kier alpha value is -4.21. The molecule has 31 heavy (non-hydrogen) atoms. The van der Waals surface area contributed by atoms with Crippen LogP contribution in [-0.2, 0) is 0 Å². The highest BCUT2D eigenvalue weighted by Crippen LogP contribution is 2.30. The molecule has 0 unspecified atom stereocenters. The van der Waals surface area contributed by atoms with Gasteiger partial charge < -0.3 is 21.7 Å². The van der Waals surface area contributed by atoms with Crippen molar-refractivity contribution in [2.24, 2.45) is 0 Å². The maximum Gasteiger partial charge on any atom is 0.319 e. The summed E-state index contributed by atoms with van der Waals surface area (Å²) in [4.78, 5) is 25.2. The Kier molecular flexibility index (Phi) is 4.58. The summed E-state index contributed by atoms with van der Waals surface area (Å²) >= 11 is 0. The van der Waals surface area contributed by atoms with Crippen LogP contribution in [0.25, 0.3) is 17.0 Å². The molecule has 4 aromatic rings. The van der Waals surface area contributed by atoms with Crippen molar-refractivity contribution < 1.29 is 4.79 Å². The molecule has 0 radical (unpaired) electrons. The van der Waals surface area contributed by atoms with Gasteiger partial charge in [0.2, 0.25) is 0 Å². The van der Waals surface area contributed by atoms with Crippen molar-refractivity contribution in [3.63, 3.8) is 0 Å². The van der Waals surface area contributed by atoms with Crippen LogP contribution in [-0.4, -0.2) is 36.6 Å². The number of carbonyl (C=O) groups excluding carboxylic acids is 1. The number of nitrogens with zero attached hydrogens (tertiary/aromatic N) is 5. The second-order valence-corrected chi connectivity index (χ2v) is 7.40. The van der Waals surface area contributed by atoms with Gasteiger partial charge >= 0.3 is 6.03 Å². The monoisotopic (exact) mass is 415 g/mol. The van der Waals surface area contributed by atoms with Gasteiger partial charge in [0.1, 0.15) is 17.3 Å². The third-order valence-electron chi connectivity index (χ3n) is 4.81. The van der Waals surface area contributed by atoms with Crippen molar-refractivity contribution >= 4 is 34.7 Å². The quantitative estimate of drug-likeness (QED) is 0.393. The first-order chi connectivity index (χ1) is 15.0. The first-order valence-electron chi connectivity index (χ1n) is 9.95. The average Bonchev–Trinajstić information content (AvgIpc) is 3.46. The van der Waals surface area contributed by atoms with E-state index in [0.29, 0.717) is 46.2 Å². The zero-order valence-corrected chi connectivity index (χ0v) is 16.8. The topological polar surface area (TPSA) is 135 Å². The molecule has 3 heterocycles. The van der Waals surface area contributed by atoms with E-state index in [0.717, 1.165) is 18.5 Å². The normalized spacial score (nSPS) is 13.2. The number of anilines is 4. The lowest BCUT2D eigenvalue weighted by Crippen LogP contribution is -2.30. The number of hydrogen-bond donors (Lipinski definition) is 4. The van der Waals surface area contributed by atoms with E-state index in [1.54, 1.807) is 23.7 Å². The van der Waals surface area contributed by atoms with E-state index in [2.05, 4.69) is 36.0 Å². The average molecular weight is 415 g/mol. The van der Waals surface area contributed by atoms with Gasteiger partial charge in [0, 0.05) is 29.7 Å². The molecule has 1 fully saturated rings. The summed E-state index contributed by atoms with van der Waals surface area (Å²) < 4.78 is 1.71. The summed E-state index contributed by atoms with van der Waals surface area (Å²) in [5.74, 6) is 1.52. The maximum atomic E-state index is 11.9. The SMILES string of the molecule is Cc1nc(N)cc(-c2c(Nc3ccc(NC(=O)NC4CC4)cc3)nc3cccnn23)n1. The fourth-order valence-electron chi connectivity index (χ4n) is 3.27. The Morgan fingerprint density at radius 3 is 2.61 bits per heavy atom. The van der Waals surface area contributed by atoms with Crippen LogP contribution >= 0.6 is 0 Å². The molecule has 0 spiro atoms. The van der Waals surface area contributed by atoms with Crippen LogP contribution < -0.4 is 21.7 Å². The number of carbonyl (C=O) groups is 1. The molecule has 0 saturated heterocycles. The lowest BCUT2D eigenvalue weighted by molar-refractivity contribution is 0.251. The van der Waals surface area contributed by atoms with Crippen LogP contribution in [0, 0.1) is 6.92 Å². The molecular weight excluding hydrogens is 394 g/mol. The number of nitrogens with two attached hydrogens (primary N) is 1. The predicted octanol–water partition coefficient (Wildman–Crippen LogP) is 3.10. The Labute approximate surface area is 177 Å². The van der Waals surface area contributed by atoms with Crippen LogP contribution in [0.2, 0.25) is 0 Å². The largest absolute Gasteiger partial charge is 0.384 e. The standard InChI is InChI=1S/C21H21N9O/c1-12-24-16(11-17(22)25-12)19-20(29-18-3-2-10-23-30(18)19)26-13-4-6-14(7-5-13)27-21(31)28-15-8-9-15/h2-7,10-11,15,26H,8-9H2,1H3,(H2,22,24,25)(H2,27,28,31). The first-order valence-corrected chi connectivity index (χ1v) is 9.95. The fourth-order valence-corrected chi connectivity index (χ4v) is 3.27. The Balaban J connectivity index is 1.44. The van der Waals surface area contributed by atoms with Crippen LogP contribution in [0.1, 0.15) is 18.7 Å². The number of imidazole rings is 1. The van der Waals surface area contributed by atoms with Gasteiger partial charge in [-0.05, 0) is 56.2 Å². The minimum atomic E-state index is -0.186. The van der Waals surface area contributed by atoms with E-state index in [1.807, 2.05) is 36.4 Å². The van der Waals surface area contributed by atoms with E-state index < -0.39 is 0 Å². The molecule has 0 atom stereocenters. The van der Waals surface area contributed by atoms with E-state index >= 15 is 0 Å². The zero-order valence-electron chi connectivity index (χ0n) is 16.8. The van der Waals surface area contributed by atoms with Gasteiger partial charge in [-0.2, -0.15) is 5.10 Å². The van der Waals surface area contributed by atoms with Gasteiger partial charge in [0.05, 0.1) is 5.69 Å². The summed E-state index contributed by atoms with van der Waals surface area (Å²) in [6, 6.07) is 12.9. The molecule has 0 bridgehead atoms. The molecule has 1 saturated carbocycles. The number of aromatic nitrogens is 5. The third kappa shape index (κ3) is 4.08. The van der Waals surface area contributed by atoms with Crippen molar-refractivity contribution in [3.05, 3.63) is 54.5 Å². The highest BCUT2D eigenvalue weighted by Gasteiger charge is 2.23. The smallest absolute Gasteiger partial charge is 0.319 e. The summed E-state index contributed by atoms with van der Waals surface area (Å²) in [6.45, 7) is 1.79. The van der Waals surface area contributed by atoms with Gasteiger partial charge in [0.25, 0.3) is 0 Å². The highest BCUT2D eigenvalue weighted by molar-refractivity contribution is 5.90. The van der Waals surface area contributed by atoms with Crippen molar-refractivity contribution in [2.45, 2.75) is 25.8 Å². The molecule has 156 valence electrons. The van der Waals surface area contributed by atoms with E-state index in [1.165, 1.54) is 0 Å². The number of nitrogen functional groups attached to an aromatic ring is 1. The minimum Gasteiger partial charge on any atom is -0.384 e. The minimum absolute atomic E-state index is 0.186. The predicted molar refractivity (Wildman–Crippen MR) is 118 cm³/mol. The van der Waals surface area contributed by atoms with Crippen LogP contribution in [0.3, 0.4) is 0 Å². The highest BCUT2D eigenvalue weighted by atomic mass is 16.2. The third-order valence-corrected chi connectivity index (χ3v) is 4.81. The lowest BCUT2D eigenvalue weighted by atomic mass is 10.2. The van der Waals surface area contributed by atoms with Crippen molar-refractivity contribution in [1.82, 2.24) is 29.9 Å². The second kappa shape index (κ2) is 7.56. The lowest BCUT2D eigenvalue weighted by Gasteiger charge is -2.10. The van der Waals surface area contributed by atoms with Crippen molar-refractivity contribution in [1.29, 1.82) is 0 Å². The van der Waals surface area contributed by atoms with Crippen LogP contribution in [0.15, 0.2) is 48.7 Å². The van der Waals surface area contributed by atoms with Crippen molar-refractivity contribution in [2.75, 3.05) is 16.4 Å². The number of benzene rings is 1. The molecule has 5 rings (SSSR count). The molecule has 1 aliphatic carbocycles. The summed E-state index contributed by atoms with van der Waals surface area (Å²) in [5.41, 5.74) is 9.42. The molecule has 5 N–H and O–H groups in total. The molecule has 10 nitrogen and oxygen atoms in total. The second-order valence-electron chi connectivity index (χ2n) is 7.40. The summed E-state index contributed by atoms with van der Waals surface area (Å²) in [6.07, 6.45) is 3.78. The van der Waals surface area contributed by atoms with E-state index in [-0.39, 0.29) is 6.03 Å². The molecular formula is C21H21N9O. The van der Waals surface area contributed by atoms with Gasteiger partial charge in [0.15, 0.2) is 11.5 Å². The number of rotatable bonds is 5. The van der Waals surface area contributed by atoms with Gasteiger partial charge in [-0.3, -0.25) is 0 Å². The molecule has 2 amide bonds. The van der Waals surface area contributed by atoms with Crippen LogP contribution in [0.5, 0.6) is 0 Å². The summed E-state index contributed by atoms with van der Waals surface area (Å²) in [7, 11) is 0. The molecule has 0 aliphatic heterocycles. The Morgan fingerprint density at radius 2 is 1.87 bits per heavy atom. The van der Waals surface area contributed by atoms with E-state index in [4.69, 9.17) is 5.73 Å². The summed E-state index contributed by atoms with van der Waals surface area (Å²) in [5, 5.41) is 13.5. The van der Waals surface area contributed by atoms with E-state index in [9.17, 15) is 4.79 Å². The molecule has 3 aromatic heterocycles. The fraction of sp³-hybridized carbons (Fsp3) is 0.190. The molecule has 1 aliphatic rings. The first kappa shape index (κ1) is 18.8. The molecule has 10 heteroatoms. The van der Waals surface area contributed by atoms with Gasteiger partial charge in [-0.15, -0.1) is 0 Å². The van der Waals surface area contributed by atoms with Gasteiger partial charge in [-0.1, -0.05) is 0 Å². The number of hydrogen-bond acceptors (Lipinski definition) is 7. The Morgan fingerprint density at radius 1 is 1.10 bits per heavy atom. The number of aryl methyl sites for hydroxylation is 1. The van der Waals surface area contributed by atoms with Crippen LogP contribution in [0.4, 0.5) is 27.8 Å². The molecule has 1 aromatic carbocycles. The Bertz CT molecular complexity index is 1240. The number of nitrogens with one attached hydrogen (secondary N) is 3. The maximum absolute atomic E-state index is 11.9. The van der Waals surface area contributed by atoms with Crippen molar-refractivity contribution in [3.8, 4) is 11.4 Å².